The monoisotopic (exact) mass is 294 g/mol. The maximum absolute atomic E-state index is 11.3. The maximum Gasteiger partial charge on any atom is 0.283 e. The minimum atomic E-state index is -0.878. The van der Waals surface area contributed by atoms with E-state index in [9.17, 15) is 9.59 Å². The Morgan fingerprint density at radius 1 is 1.14 bits per heavy atom. The van der Waals surface area contributed by atoms with Gasteiger partial charge < -0.3 is 16.2 Å². The van der Waals surface area contributed by atoms with Crippen LogP contribution in [0.15, 0.2) is 23.5 Å². The number of ether oxygens (including phenoxy) is 1. The molecular weight excluding hydrogens is 268 g/mol. The van der Waals surface area contributed by atoms with Gasteiger partial charge in [0, 0.05) is 5.57 Å². The number of nitrogens with two attached hydrogens (primary N) is 2. The number of unbranched alkanes of at least 4 members (excludes halogenated alkanes) is 7. The van der Waals surface area contributed by atoms with Gasteiger partial charge in [0.2, 0.25) is 6.10 Å². The smallest absolute Gasteiger partial charge is 0.283 e. The zero-order valence-electron chi connectivity index (χ0n) is 12.8. The molecule has 0 bridgehead atoms. The first-order valence-corrected chi connectivity index (χ1v) is 7.73. The molecule has 0 spiro atoms. The van der Waals surface area contributed by atoms with Crippen LogP contribution in [0, 0.1) is 0 Å². The second-order valence-corrected chi connectivity index (χ2v) is 5.39. The van der Waals surface area contributed by atoms with Crippen molar-refractivity contribution in [1.29, 1.82) is 0 Å². The number of carbonyl (C=O) groups excluding carboxylic acids is 2. The fourth-order valence-electron chi connectivity index (χ4n) is 2.34. The molecule has 0 aromatic heterocycles. The summed E-state index contributed by atoms with van der Waals surface area (Å²) in [5.41, 5.74) is 11.0. The summed E-state index contributed by atoms with van der Waals surface area (Å²) in [6.07, 6.45) is 12.0. The summed E-state index contributed by atoms with van der Waals surface area (Å²) in [7, 11) is 0. The van der Waals surface area contributed by atoms with Crippen LogP contribution in [-0.4, -0.2) is 17.9 Å². The van der Waals surface area contributed by atoms with Crippen molar-refractivity contribution in [2.24, 2.45) is 11.5 Å². The van der Waals surface area contributed by atoms with Gasteiger partial charge in [-0.25, -0.2) is 0 Å². The van der Waals surface area contributed by atoms with Gasteiger partial charge in [-0.05, 0) is 18.9 Å². The zero-order chi connectivity index (χ0) is 15.7. The van der Waals surface area contributed by atoms with Crippen molar-refractivity contribution in [3.63, 3.8) is 0 Å². The van der Waals surface area contributed by atoms with Crippen LogP contribution in [0.4, 0.5) is 0 Å². The van der Waals surface area contributed by atoms with Crippen LogP contribution in [0.25, 0.3) is 0 Å². The van der Waals surface area contributed by atoms with Crippen LogP contribution in [0.3, 0.4) is 0 Å². The molecule has 118 valence electrons. The molecule has 5 heteroatoms. The molecule has 1 aliphatic rings. The van der Waals surface area contributed by atoms with Crippen molar-refractivity contribution in [2.45, 2.75) is 64.4 Å². The standard InChI is InChI=1S/C16H26N2O3/c1-2-3-4-5-6-7-8-9-10-12-11-13(15(17)19)21-14(12)16(18)20/h10-11,14H,2-9H2,1H3,(H2,17,19)(H2,18,20). The third-order valence-corrected chi connectivity index (χ3v) is 3.53. The van der Waals surface area contributed by atoms with E-state index < -0.39 is 17.9 Å². The zero-order valence-corrected chi connectivity index (χ0v) is 12.8. The van der Waals surface area contributed by atoms with Crippen molar-refractivity contribution < 1.29 is 14.3 Å². The maximum atomic E-state index is 11.3. The highest BCUT2D eigenvalue weighted by Crippen LogP contribution is 2.23. The van der Waals surface area contributed by atoms with E-state index in [4.69, 9.17) is 16.2 Å². The van der Waals surface area contributed by atoms with E-state index in [0.29, 0.717) is 5.57 Å². The first kappa shape index (κ1) is 17.3. The van der Waals surface area contributed by atoms with E-state index in [1.165, 1.54) is 44.6 Å². The van der Waals surface area contributed by atoms with Gasteiger partial charge in [-0.15, -0.1) is 0 Å². The Morgan fingerprint density at radius 2 is 1.76 bits per heavy atom. The lowest BCUT2D eigenvalue weighted by atomic mass is 10.0. The second-order valence-electron chi connectivity index (χ2n) is 5.39. The molecule has 0 saturated carbocycles. The first-order valence-electron chi connectivity index (χ1n) is 7.73. The Bertz CT molecular complexity index is 427. The Kier molecular flexibility index (Phi) is 7.58. The summed E-state index contributed by atoms with van der Waals surface area (Å²) in [5, 5.41) is 0. The molecule has 0 aromatic rings. The van der Waals surface area contributed by atoms with E-state index in [-0.39, 0.29) is 5.76 Å². The predicted octanol–water partition coefficient (Wildman–Crippen LogP) is 2.31. The average Bonchev–Trinajstić information content (AvgIpc) is 2.86. The molecule has 4 N–H and O–H groups in total. The summed E-state index contributed by atoms with van der Waals surface area (Å²) < 4.78 is 5.16. The number of carbonyl (C=O) groups is 2. The number of hydrogen-bond acceptors (Lipinski definition) is 3. The fraction of sp³-hybridized carbons (Fsp3) is 0.625. The van der Waals surface area contributed by atoms with Crippen molar-refractivity contribution >= 4 is 11.8 Å². The highest BCUT2D eigenvalue weighted by Gasteiger charge is 2.30. The molecule has 0 aromatic carbocycles. The van der Waals surface area contributed by atoms with Crippen molar-refractivity contribution in [3.8, 4) is 0 Å². The quantitative estimate of drug-likeness (QED) is 0.605. The molecule has 2 amide bonds. The third-order valence-electron chi connectivity index (χ3n) is 3.53. The van der Waals surface area contributed by atoms with Gasteiger partial charge in [-0.3, -0.25) is 9.59 Å². The lowest BCUT2D eigenvalue weighted by molar-refractivity contribution is -0.126. The van der Waals surface area contributed by atoms with Gasteiger partial charge in [-0.1, -0.05) is 51.5 Å². The summed E-state index contributed by atoms with van der Waals surface area (Å²) in [6, 6.07) is 0. The fourth-order valence-corrected chi connectivity index (χ4v) is 2.34. The molecule has 0 aliphatic carbocycles. The van der Waals surface area contributed by atoms with Gasteiger partial charge >= 0.3 is 0 Å². The van der Waals surface area contributed by atoms with Crippen molar-refractivity contribution in [1.82, 2.24) is 0 Å². The van der Waals surface area contributed by atoms with E-state index in [0.717, 1.165) is 12.8 Å². The van der Waals surface area contributed by atoms with E-state index in [2.05, 4.69) is 6.92 Å². The predicted molar refractivity (Wildman–Crippen MR) is 82.0 cm³/mol. The summed E-state index contributed by atoms with van der Waals surface area (Å²) in [6.45, 7) is 2.21. The number of primary amides is 2. The Morgan fingerprint density at radius 3 is 2.33 bits per heavy atom. The highest BCUT2D eigenvalue weighted by atomic mass is 16.5. The molecule has 21 heavy (non-hydrogen) atoms. The lowest BCUT2D eigenvalue weighted by Gasteiger charge is -2.09. The van der Waals surface area contributed by atoms with E-state index >= 15 is 0 Å². The van der Waals surface area contributed by atoms with Gasteiger partial charge in [0.1, 0.15) is 0 Å². The van der Waals surface area contributed by atoms with Crippen LogP contribution >= 0.6 is 0 Å². The molecule has 5 nitrogen and oxygen atoms in total. The number of rotatable bonds is 10. The van der Waals surface area contributed by atoms with Gasteiger partial charge in [-0.2, -0.15) is 0 Å². The van der Waals surface area contributed by atoms with Crippen LogP contribution in [0.2, 0.25) is 0 Å². The van der Waals surface area contributed by atoms with Crippen LogP contribution < -0.4 is 11.5 Å². The SMILES string of the molecule is CCCCCCCCCC=C1C=C(C(N)=O)OC1C(N)=O. The van der Waals surface area contributed by atoms with Gasteiger partial charge in [0.05, 0.1) is 0 Å². The molecule has 0 radical (unpaired) electrons. The highest BCUT2D eigenvalue weighted by molar-refractivity contribution is 5.94. The molecule has 1 aliphatic heterocycles. The topological polar surface area (TPSA) is 95.4 Å². The largest absolute Gasteiger partial charge is 0.470 e. The minimum absolute atomic E-state index is 0.00427. The molecule has 1 unspecified atom stereocenters. The van der Waals surface area contributed by atoms with Crippen LogP contribution in [0.1, 0.15) is 58.3 Å². The van der Waals surface area contributed by atoms with Gasteiger partial charge in [0.15, 0.2) is 5.76 Å². The average molecular weight is 294 g/mol. The normalized spacial score (nSPS) is 19.4. The number of amides is 2. The summed E-state index contributed by atoms with van der Waals surface area (Å²) in [5.74, 6) is -1.28. The molecule has 0 fully saturated rings. The summed E-state index contributed by atoms with van der Waals surface area (Å²) >= 11 is 0. The molecule has 1 rings (SSSR count). The molecular formula is C16H26N2O3. The Hall–Kier alpha value is -1.78. The van der Waals surface area contributed by atoms with Crippen molar-refractivity contribution in [3.05, 3.63) is 23.5 Å². The molecule has 1 heterocycles. The lowest BCUT2D eigenvalue weighted by Crippen LogP contribution is -2.30. The number of allylic oxidation sites excluding steroid dienone is 1. The molecule has 0 saturated heterocycles. The van der Waals surface area contributed by atoms with E-state index in [1.807, 2.05) is 6.08 Å². The second kappa shape index (κ2) is 9.21. The Balaban J connectivity index is 2.35. The van der Waals surface area contributed by atoms with Gasteiger partial charge in [0.25, 0.3) is 11.8 Å². The van der Waals surface area contributed by atoms with Crippen LogP contribution in [-0.2, 0) is 14.3 Å². The molecule has 1 atom stereocenters. The number of hydrogen-bond donors (Lipinski definition) is 2. The summed E-state index contributed by atoms with van der Waals surface area (Å²) in [4.78, 5) is 22.4. The third kappa shape index (κ3) is 6.02. The first-order chi connectivity index (χ1) is 10.1. The van der Waals surface area contributed by atoms with Crippen LogP contribution in [0.5, 0.6) is 0 Å². The minimum Gasteiger partial charge on any atom is -0.470 e. The van der Waals surface area contributed by atoms with Crippen molar-refractivity contribution in [2.75, 3.05) is 0 Å². The van der Waals surface area contributed by atoms with E-state index in [1.54, 1.807) is 0 Å². The Labute approximate surface area is 126 Å².